The summed E-state index contributed by atoms with van der Waals surface area (Å²) < 4.78 is 14.3. The molecule has 3 aromatic rings. The number of benzene rings is 1. The van der Waals surface area contributed by atoms with Crippen LogP contribution in [0.15, 0.2) is 48.8 Å². The molecule has 3 rings (SSSR count). The van der Waals surface area contributed by atoms with Gasteiger partial charge in [0, 0.05) is 37.1 Å². The molecule has 0 radical (unpaired) electrons. The largest absolute Gasteiger partial charge is 0.350 e. The molecule has 0 saturated heterocycles. The van der Waals surface area contributed by atoms with Gasteiger partial charge in [-0.3, -0.25) is 9.59 Å². The first-order valence-electron chi connectivity index (χ1n) is 7.26. The van der Waals surface area contributed by atoms with Gasteiger partial charge in [-0.2, -0.15) is 5.10 Å². The van der Waals surface area contributed by atoms with Crippen molar-refractivity contribution in [1.29, 1.82) is 0 Å². The van der Waals surface area contributed by atoms with Gasteiger partial charge in [-0.15, -0.1) is 0 Å². The first kappa shape index (κ1) is 15.6. The Kier molecular flexibility index (Phi) is 4.46. The Morgan fingerprint density at radius 2 is 1.79 bits per heavy atom. The van der Waals surface area contributed by atoms with Crippen molar-refractivity contribution in [1.82, 2.24) is 25.2 Å². The number of carbonyl (C=O) groups excluding carboxylic acids is 2. The maximum absolute atomic E-state index is 12.8. The van der Waals surface area contributed by atoms with E-state index in [1.807, 2.05) is 0 Å². The van der Waals surface area contributed by atoms with E-state index in [1.165, 1.54) is 28.8 Å². The highest BCUT2D eigenvalue weighted by Crippen LogP contribution is 2.03. The number of carbonyl (C=O) groups is 2. The van der Waals surface area contributed by atoms with Crippen molar-refractivity contribution in [2.24, 2.45) is 0 Å². The van der Waals surface area contributed by atoms with Crippen LogP contribution in [0.5, 0.6) is 0 Å². The Bertz CT molecular complexity index is 843. The Balaban J connectivity index is 1.48. The molecule has 24 heavy (non-hydrogen) atoms. The van der Waals surface area contributed by atoms with Crippen LogP contribution in [-0.2, 0) is 0 Å². The molecule has 0 aliphatic carbocycles. The van der Waals surface area contributed by atoms with E-state index >= 15 is 0 Å². The minimum Gasteiger partial charge on any atom is -0.350 e. The molecule has 0 spiro atoms. The van der Waals surface area contributed by atoms with Crippen LogP contribution >= 0.6 is 0 Å². The smallest absolute Gasteiger partial charge is 0.271 e. The summed E-state index contributed by atoms with van der Waals surface area (Å²) in [6, 6.07) is 8.52. The van der Waals surface area contributed by atoms with Gasteiger partial charge in [-0.05, 0) is 30.3 Å². The quantitative estimate of drug-likeness (QED) is 0.685. The second-order valence-electron chi connectivity index (χ2n) is 4.97. The summed E-state index contributed by atoms with van der Waals surface area (Å²) in [6.45, 7) is 0.487. The first-order valence-corrected chi connectivity index (χ1v) is 7.26. The molecule has 1 aromatic carbocycles. The Morgan fingerprint density at radius 3 is 2.50 bits per heavy atom. The molecule has 122 valence electrons. The molecule has 2 N–H and O–H groups in total. The molecule has 0 aliphatic rings. The first-order chi connectivity index (χ1) is 11.6. The number of aromatic nitrogens is 3. The van der Waals surface area contributed by atoms with Gasteiger partial charge < -0.3 is 10.6 Å². The lowest BCUT2D eigenvalue weighted by Crippen LogP contribution is -2.34. The molecule has 2 amide bonds. The van der Waals surface area contributed by atoms with Crippen LogP contribution in [-0.4, -0.2) is 39.5 Å². The van der Waals surface area contributed by atoms with Gasteiger partial charge in [0.1, 0.15) is 5.82 Å². The minimum atomic E-state index is -0.402. The molecule has 0 saturated carbocycles. The average Bonchev–Trinajstić information content (AvgIpc) is 3.03. The van der Waals surface area contributed by atoms with E-state index < -0.39 is 5.82 Å². The van der Waals surface area contributed by atoms with E-state index in [2.05, 4.69) is 20.7 Å². The van der Waals surface area contributed by atoms with Crippen molar-refractivity contribution < 1.29 is 14.0 Å². The molecular formula is C16H14FN5O2. The number of hydrogen-bond donors (Lipinski definition) is 2. The fourth-order valence-electron chi connectivity index (χ4n) is 2.09. The summed E-state index contributed by atoms with van der Waals surface area (Å²) in [5.41, 5.74) is 1.18. The maximum Gasteiger partial charge on any atom is 0.271 e. The topological polar surface area (TPSA) is 88.4 Å². The minimum absolute atomic E-state index is 0.243. The second kappa shape index (κ2) is 6.86. The van der Waals surface area contributed by atoms with Crippen molar-refractivity contribution in [3.05, 3.63) is 65.9 Å². The molecular weight excluding hydrogens is 313 g/mol. The molecule has 7 nitrogen and oxygen atoms in total. The number of rotatable bonds is 5. The third-order valence-corrected chi connectivity index (χ3v) is 3.27. The van der Waals surface area contributed by atoms with E-state index in [0.29, 0.717) is 11.2 Å². The standard InChI is InChI=1S/C16H14FN5O2/c17-12-4-2-11(3-5-12)15(23)19-7-8-20-16(24)13-10-14-18-6-1-9-22(14)21-13/h1-6,9-10H,7-8H2,(H,19,23)(H,20,24). The van der Waals surface area contributed by atoms with Gasteiger partial charge in [-0.25, -0.2) is 13.9 Å². The predicted molar refractivity (Wildman–Crippen MR) is 84.1 cm³/mol. The Hall–Kier alpha value is -3.29. The Labute approximate surface area is 136 Å². The van der Waals surface area contributed by atoms with Crippen LogP contribution in [0, 0.1) is 5.82 Å². The molecule has 0 fully saturated rings. The lowest BCUT2D eigenvalue weighted by atomic mass is 10.2. The predicted octanol–water partition coefficient (Wildman–Crippen LogP) is 1.03. The SMILES string of the molecule is O=C(NCCNC(=O)c1cc2ncccn2n1)c1ccc(F)cc1. The van der Waals surface area contributed by atoms with Crippen LogP contribution in [0.2, 0.25) is 0 Å². The number of fused-ring (bicyclic) bond motifs is 1. The summed E-state index contributed by atoms with van der Waals surface area (Å²) in [5.74, 6) is -1.08. The number of nitrogens with one attached hydrogen (secondary N) is 2. The monoisotopic (exact) mass is 327 g/mol. The zero-order valence-corrected chi connectivity index (χ0v) is 12.6. The zero-order valence-electron chi connectivity index (χ0n) is 12.6. The molecule has 0 aliphatic heterocycles. The zero-order chi connectivity index (χ0) is 16.9. The van der Waals surface area contributed by atoms with Gasteiger partial charge in [0.2, 0.25) is 0 Å². The normalized spacial score (nSPS) is 10.5. The highest BCUT2D eigenvalue weighted by Gasteiger charge is 2.11. The Morgan fingerprint density at radius 1 is 1.08 bits per heavy atom. The van der Waals surface area contributed by atoms with E-state index in [0.717, 1.165) is 0 Å². The van der Waals surface area contributed by atoms with E-state index in [1.54, 1.807) is 24.5 Å². The van der Waals surface area contributed by atoms with Gasteiger partial charge >= 0.3 is 0 Å². The molecule has 8 heteroatoms. The lowest BCUT2D eigenvalue weighted by molar-refractivity contribution is 0.0925. The van der Waals surface area contributed by atoms with Gasteiger partial charge in [0.25, 0.3) is 11.8 Å². The summed E-state index contributed by atoms with van der Waals surface area (Å²) in [5, 5.41) is 9.40. The number of nitrogens with zero attached hydrogens (tertiary/aromatic N) is 3. The van der Waals surface area contributed by atoms with Crippen molar-refractivity contribution in [2.75, 3.05) is 13.1 Å². The third-order valence-electron chi connectivity index (χ3n) is 3.27. The van der Waals surface area contributed by atoms with Crippen molar-refractivity contribution in [2.45, 2.75) is 0 Å². The van der Waals surface area contributed by atoms with Gasteiger partial charge in [0.05, 0.1) is 0 Å². The summed E-state index contributed by atoms with van der Waals surface area (Å²) in [4.78, 5) is 27.9. The molecule has 0 unspecified atom stereocenters. The summed E-state index contributed by atoms with van der Waals surface area (Å²) >= 11 is 0. The van der Waals surface area contributed by atoms with E-state index in [9.17, 15) is 14.0 Å². The second-order valence-corrected chi connectivity index (χ2v) is 4.97. The summed E-state index contributed by atoms with van der Waals surface area (Å²) in [6.07, 6.45) is 3.31. The fourth-order valence-corrected chi connectivity index (χ4v) is 2.09. The van der Waals surface area contributed by atoms with Crippen molar-refractivity contribution >= 4 is 17.5 Å². The van der Waals surface area contributed by atoms with Crippen molar-refractivity contribution in [3.8, 4) is 0 Å². The van der Waals surface area contributed by atoms with E-state index in [4.69, 9.17) is 0 Å². The number of halogens is 1. The molecule has 2 aromatic heterocycles. The molecule has 0 atom stereocenters. The van der Waals surface area contributed by atoms with Gasteiger partial charge in [-0.1, -0.05) is 0 Å². The number of amides is 2. The maximum atomic E-state index is 12.8. The van der Waals surface area contributed by atoms with Crippen LogP contribution < -0.4 is 10.6 Å². The van der Waals surface area contributed by atoms with Crippen LogP contribution in [0.3, 0.4) is 0 Å². The van der Waals surface area contributed by atoms with Crippen LogP contribution in [0.25, 0.3) is 5.65 Å². The molecule has 0 bridgehead atoms. The van der Waals surface area contributed by atoms with E-state index in [-0.39, 0.29) is 30.6 Å². The van der Waals surface area contributed by atoms with Gasteiger partial charge in [0.15, 0.2) is 11.3 Å². The highest BCUT2D eigenvalue weighted by molar-refractivity contribution is 5.94. The highest BCUT2D eigenvalue weighted by atomic mass is 19.1. The lowest BCUT2D eigenvalue weighted by Gasteiger charge is -2.06. The summed E-state index contributed by atoms with van der Waals surface area (Å²) in [7, 11) is 0. The van der Waals surface area contributed by atoms with Crippen molar-refractivity contribution in [3.63, 3.8) is 0 Å². The third kappa shape index (κ3) is 3.54. The average molecular weight is 327 g/mol. The molecule has 2 heterocycles. The van der Waals surface area contributed by atoms with Crippen LogP contribution in [0.1, 0.15) is 20.8 Å². The van der Waals surface area contributed by atoms with Crippen LogP contribution in [0.4, 0.5) is 4.39 Å². The fraction of sp³-hybridized carbons (Fsp3) is 0.125. The number of hydrogen-bond acceptors (Lipinski definition) is 4.